The zero-order valence-electron chi connectivity index (χ0n) is 12.0. The third kappa shape index (κ3) is 2.78. The number of aromatic nitrogens is 1. The van der Waals surface area contributed by atoms with Crippen LogP contribution in [0.15, 0.2) is 18.2 Å². The highest BCUT2D eigenvalue weighted by Gasteiger charge is 2.18. The van der Waals surface area contributed by atoms with E-state index in [1.165, 1.54) is 7.11 Å². The van der Waals surface area contributed by atoms with E-state index in [1.54, 1.807) is 6.07 Å². The average molecular weight is 306 g/mol. The first-order valence-electron chi connectivity index (χ1n) is 6.26. The fourth-order valence-electron chi connectivity index (χ4n) is 2.11. The predicted molar refractivity (Wildman–Crippen MR) is 84.3 cm³/mol. The Hall–Kier alpha value is -2.27. The Morgan fingerprint density at radius 2 is 1.90 bits per heavy atom. The molecule has 1 heterocycles. The first-order chi connectivity index (χ1) is 9.85. The number of nitrogen functional groups attached to an aromatic ring is 2. The monoisotopic (exact) mass is 305 g/mol. The molecule has 0 spiro atoms. The number of methoxy groups -OCH3 is 1. The molecule has 0 amide bonds. The lowest BCUT2D eigenvalue weighted by atomic mass is 10.0. The maximum atomic E-state index is 11.7. The number of pyridine rings is 1. The lowest BCUT2D eigenvalue weighted by Gasteiger charge is -2.12. The van der Waals surface area contributed by atoms with Crippen LogP contribution in [0.3, 0.4) is 0 Å². The molecule has 6 heteroatoms. The van der Waals surface area contributed by atoms with Gasteiger partial charge in [0.1, 0.15) is 0 Å². The number of nitrogens with two attached hydrogens (primary N) is 2. The summed E-state index contributed by atoms with van der Waals surface area (Å²) in [5, 5.41) is 0.0774. The van der Waals surface area contributed by atoms with Crippen LogP contribution in [0.5, 0.6) is 0 Å². The Morgan fingerprint density at radius 1 is 1.24 bits per heavy atom. The Bertz CT molecular complexity index is 729. The van der Waals surface area contributed by atoms with Crippen molar-refractivity contribution in [2.75, 3.05) is 18.6 Å². The third-order valence-corrected chi connectivity index (χ3v) is 3.57. The quantitative estimate of drug-likeness (QED) is 0.657. The first-order valence-corrected chi connectivity index (χ1v) is 6.64. The minimum atomic E-state index is -0.642. The average Bonchev–Trinajstić information content (AvgIpc) is 2.44. The van der Waals surface area contributed by atoms with Crippen molar-refractivity contribution >= 4 is 28.9 Å². The van der Waals surface area contributed by atoms with E-state index < -0.39 is 5.97 Å². The summed E-state index contributed by atoms with van der Waals surface area (Å²) in [7, 11) is 1.26. The Balaban J connectivity index is 2.71. The van der Waals surface area contributed by atoms with Gasteiger partial charge in [0.05, 0.1) is 23.5 Å². The van der Waals surface area contributed by atoms with Gasteiger partial charge in [-0.05, 0) is 31.5 Å². The highest BCUT2D eigenvalue weighted by atomic mass is 35.5. The molecular formula is C15H16ClN3O2. The molecule has 0 aliphatic heterocycles. The molecule has 1 aromatic heterocycles. The van der Waals surface area contributed by atoms with Crippen LogP contribution in [-0.2, 0) is 4.74 Å². The molecule has 0 aliphatic carbocycles. The van der Waals surface area contributed by atoms with Crippen molar-refractivity contribution in [3.63, 3.8) is 0 Å². The minimum absolute atomic E-state index is 0.0206. The molecule has 0 bridgehead atoms. The van der Waals surface area contributed by atoms with Crippen molar-refractivity contribution in [2.24, 2.45) is 0 Å². The number of carbonyl (C=O) groups is 1. The number of nitrogens with zero attached hydrogens (tertiary/aromatic N) is 1. The SMILES string of the molecule is COC(=O)c1nc(-c2cc(C)cc(C)c2N)cc(N)c1Cl. The van der Waals surface area contributed by atoms with Gasteiger partial charge >= 0.3 is 5.97 Å². The summed E-state index contributed by atoms with van der Waals surface area (Å²) in [6.07, 6.45) is 0. The van der Waals surface area contributed by atoms with Crippen LogP contribution in [0.25, 0.3) is 11.3 Å². The van der Waals surface area contributed by atoms with E-state index in [0.717, 1.165) is 11.1 Å². The van der Waals surface area contributed by atoms with E-state index in [9.17, 15) is 4.79 Å². The van der Waals surface area contributed by atoms with Crippen molar-refractivity contribution in [3.05, 3.63) is 40.0 Å². The molecule has 5 nitrogen and oxygen atoms in total. The largest absolute Gasteiger partial charge is 0.464 e. The van der Waals surface area contributed by atoms with Crippen LogP contribution in [-0.4, -0.2) is 18.1 Å². The minimum Gasteiger partial charge on any atom is -0.464 e. The summed E-state index contributed by atoms with van der Waals surface area (Å²) in [6.45, 7) is 3.86. The second kappa shape index (κ2) is 5.61. The summed E-state index contributed by atoms with van der Waals surface area (Å²) in [6, 6.07) is 5.46. The molecule has 110 valence electrons. The van der Waals surface area contributed by atoms with E-state index >= 15 is 0 Å². The standard InChI is InChI=1S/C15H16ClN3O2/c1-7-4-8(2)13(18)9(5-7)11-6-10(17)12(16)14(19-11)15(20)21-3/h4-6H,18H2,1-3H3,(H2,17,19). The number of benzene rings is 1. The van der Waals surface area contributed by atoms with Gasteiger partial charge in [-0.2, -0.15) is 0 Å². The van der Waals surface area contributed by atoms with Crippen molar-refractivity contribution in [2.45, 2.75) is 13.8 Å². The van der Waals surface area contributed by atoms with Gasteiger partial charge in [0.2, 0.25) is 0 Å². The Morgan fingerprint density at radius 3 is 2.52 bits per heavy atom. The van der Waals surface area contributed by atoms with Crippen LogP contribution in [0.2, 0.25) is 5.02 Å². The molecule has 2 rings (SSSR count). The van der Waals surface area contributed by atoms with Crippen molar-refractivity contribution in [1.82, 2.24) is 4.98 Å². The van der Waals surface area contributed by atoms with Gasteiger partial charge in [0.15, 0.2) is 5.69 Å². The molecule has 0 aliphatic rings. The fraction of sp³-hybridized carbons (Fsp3) is 0.200. The lowest BCUT2D eigenvalue weighted by Crippen LogP contribution is -2.08. The van der Waals surface area contributed by atoms with Crippen LogP contribution in [0, 0.1) is 13.8 Å². The molecule has 0 radical (unpaired) electrons. The molecule has 0 fully saturated rings. The number of hydrogen-bond acceptors (Lipinski definition) is 5. The van der Waals surface area contributed by atoms with Crippen molar-refractivity contribution in [1.29, 1.82) is 0 Å². The Labute approximate surface area is 127 Å². The summed E-state index contributed by atoms with van der Waals surface area (Å²) < 4.78 is 4.67. The maximum absolute atomic E-state index is 11.7. The number of anilines is 2. The molecular weight excluding hydrogens is 290 g/mol. The van der Waals surface area contributed by atoms with E-state index in [1.807, 2.05) is 26.0 Å². The highest BCUT2D eigenvalue weighted by molar-refractivity contribution is 6.35. The number of esters is 1. The van der Waals surface area contributed by atoms with Crippen LogP contribution < -0.4 is 11.5 Å². The van der Waals surface area contributed by atoms with E-state index in [2.05, 4.69) is 9.72 Å². The predicted octanol–water partition coefficient (Wildman–Crippen LogP) is 2.97. The lowest BCUT2D eigenvalue weighted by molar-refractivity contribution is 0.0594. The topological polar surface area (TPSA) is 91.2 Å². The molecule has 21 heavy (non-hydrogen) atoms. The smallest absolute Gasteiger partial charge is 0.358 e. The number of hydrogen-bond donors (Lipinski definition) is 2. The second-order valence-corrected chi connectivity index (χ2v) is 5.17. The number of rotatable bonds is 2. The highest BCUT2D eigenvalue weighted by Crippen LogP contribution is 2.33. The van der Waals surface area contributed by atoms with E-state index in [-0.39, 0.29) is 16.4 Å². The normalized spacial score (nSPS) is 10.5. The summed E-state index contributed by atoms with van der Waals surface area (Å²) in [5.74, 6) is -0.642. The zero-order chi connectivity index (χ0) is 15.7. The molecule has 4 N–H and O–H groups in total. The van der Waals surface area contributed by atoms with Crippen molar-refractivity contribution in [3.8, 4) is 11.3 Å². The van der Waals surface area contributed by atoms with Gasteiger partial charge in [0.25, 0.3) is 0 Å². The molecule has 0 saturated heterocycles. The molecule has 0 saturated carbocycles. The van der Waals surface area contributed by atoms with Crippen LogP contribution >= 0.6 is 11.6 Å². The number of aryl methyl sites for hydroxylation is 2. The third-order valence-electron chi connectivity index (χ3n) is 3.17. The summed E-state index contributed by atoms with van der Waals surface area (Å²) in [5.41, 5.74) is 15.9. The number of carbonyl (C=O) groups excluding carboxylic acids is 1. The molecule has 1 aromatic carbocycles. The van der Waals surface area contributed by atoms with Crippen molar-refractivity contribution < 1.29 is 9.53 Å². The van der Waals surface area contributed by atoms with Gasteiger partial charge in [-0.1, -0.05) is 23.2 Å². The van der Waals surface area contributed by atoms with Gasteiger partial charge < -0.3 is 16.2 Å². The van der Waals surface area contributed by atoms with Crippen LogP contribution in [0.1, 0.15) is 21.6 Å². The number of halogens is 1. The van der Waals surface area contributed by atoms with Gasteiger partial charge in [0, 0.05) is 11.3 Å². The first kappa shape index (κ1) is 15.1. The molecule has 0 unspecified atom stereocenters. The van der Waals surface area contributed by atoms with E-state index in [0.29, 0.717) is 16.9 Å². The van der Waals surface area contributed by atoms with Gasteiger partial charge in [-0.15, -0.1) is 0 Å². The number of ether oxygens (including phenoxy) is 1. The summed E-state index contributed by atoms with van der Waals surface area (Å²) >= 11 is 6.01. The zero-order valence-corrected chi connectivity index (χ0v) is 12.8. The summed E-state index contributed by atoms with van der Waals surface area (Å²) in [4.78, 5) is 16.0. The van der Waals surface area contributed by atoms with E-state index in [4.69, 9.17) is 23.1 Å². The second-order valence-electron chi connectivity index (χ2n) is 4.79. The Kier molecular flexibility index (Phi) is 4.04. The van der Waals surface area contributed by atoms with Gasteiger partial charge in [-0.3, -0.25) is 0 Å². The fourth-order valence-corrected chi connectivity index (χ4v) is 2.28. The molecule has 0 atom stereocenters. The molecule has 2 aromatic rings. The van der Waals surface area contributed by atoms with Crippen LogP contribution in [0.4, 0.5) is 11.4 Å². The van der Waals surface area contributed by atoms with Gasteiger partial charge in [-0.25, -0.2) is 9.78 Å². The maximum Gasteiger partial charge on any atom is 0.358 e.